The monoisotopic (exact) mass is 298 g/mol. The Kier molecular flexibility index (Phi) is 5.20. The molecule has 0 unspecified atom stereocenters. The average Bonchev–Trinajstić information content (AvgIpc) is 2.59. The molecule has 2 aromatic carbocycles. The lowest BCUT2D eigenvalue weighted by Crippen LogP contribution is -1.94. The fourth-order valence-corrected chi connectivity index (χ4v) is 2.13. The molecule has 2 aromatic rings. The Morgan fingerprint density at radius 1 is 0.955 bits per heavy atom. The van der Waals surface area contributed by atoms with Gasteiger partial charge in [0.1, 0.15) is 0 Å². The molecule has 0 saturated heterocycles. The van der Waals surface area contributed by atoms with E-state index in [4.69, 9.17) is 9.47 Å². The molecule has 4 heteroatoms. The molecule has 0 bridgehead atoms. The first kappa shape index (κ1) is 15.6. The lowest BCUT2D eigenvalue weighted by Gasteiger charge is -2.11. The van der Waals surface area contributed by atoms with Gasteiger partial charge in [-0.15, -0.1) is 0 Å². The van der Waals surface area contributed by atoms with Gasteiger partial charge in [-0.2, -0.15) is 0 Å². The molecule has 4 nitrogen and oxygen atoms in total. The third kappa shape index (κ3) is 3.47. The van der Waals surface area contributed by atoms with E-state index >= 15 is 0 Å². The van der Waals surface area contributed by atoms with E-state index in [1.54, 1.807) is 20.3 Å². The summed E-state index contributed by atoms with van der Waals surface area (Å²) < 4.78 is 15.2. The maximum absolute atomic E-state index is 11.3. The van der Waals surface area contributed by atoms with Crippen molar-refractivity contribution in [3.8, 4) is 22.6 Å². The zero-order chi connectivity index (χ0) is 15.9. The lowest BCUT2D eigenvalue weighted by atomic mass is 9.99. The molecular formula is C18H18O4. The Bertz CT molecular complexity index is 689. The van der Waals surface area contributed by atoms with Crippen LogP contribution < -0.4 is 9.47 Å². The highest BCUT2D eigenvalue weighted by atomic mass is 16.5. The second-order valence-electron chi connectivity index (χ2n) is 4.51. The summed E-state index contributed by atoms with van der Waals surface area (Å²) in [6.07, 6.45) is 3.14. The number of ether oxygens (including phenoxy) is 3. The van der Waals surface area contributed by atoms with Crippen molar-refractivity contribution in [2.45, 2.75) is 0 Å². The third-order valence-electron chi connectivity index (χ3n) is 3.26. The Morgan fingerprint density at radius 2 is 1.68 bits per heavy atom. The number of esters is 1. The van der Waals surface area contributed by atoms with Gasteiger partial charge in [-0.25, -0.2) is 4.79 Å². The second-order valence-corrected chi connectivity index (χ2v) is 4.51. The van der Waals surface area contributed by atoms with Crippen molar-refractivity contribution < 1.29 is 19.0 Å². The maximum Gasteiger partial charge on any atom is 0.330 e. The lowest BCUT2D eigenvalue weighted by molar-refractivity contribution is -0.134. The number of carbonyl (C=O) groups excluding carboxylic acids is 1. The molecule has 0 aromatic heterocycles. The first-order valence-electron chi connectivity index (χ1n) is 6.77. The third-order valence-corrected chi connectivity index (χ3v) is 3.26. The second kappa shape index (κ2) is 7.31. The van der Waals surface area contributed by atoms with Gasteiger partial charge in [0.2, 0.25) is 0 Å². The van der Waals surface area contributed by atoms with Crippen molar-refractivity contribution in [3.05, 3.63) is 54.1 Å². The quantitative estimate of drug-likeness (QED) is 0.625. The van der Waals surface area contributed by atoms with Crippen molar-refractivity contribution in [2.75, 3.05) is 21.3 Å². The summed E-state index contributed by atoms with van der Waals surface area (Å²) in [5.74, 6) is 0.947. The van der Waals surface area contributed by atoms with E-state index in [0.29, 0.717) is 11.5 Å². The first-order valence-corrected chi connectivity index (χ1v) is 6.77. The highest BCUT2D eigenvalue weighted by Gasteiger charge is 2.08. The van der Waals surface area contributed by atoms with E-state index in [0.717, 1.165) is 16.7 Å². The highest BCUT2D eigenvalue weighted by Crippen LogP contribution is 2.33. The topological polar surface area (TPSA) is 44.8 Å². The van der Waals surface area contributed by atoms with E-state index in [1.807, 2.05) is 42.5 Å². The molecule has 114 valence electrons. The van der Waals surface area contributed by atoms with E-state index in [9.17, 15) is 4.79 Å². The highest BCUT2D eigenvalue weighted by molar-refractivity contribution is 5.89. The summed E-state index contributed by atoms with van der Waals surface area (Å²) in [6.45, 7) is 0. The molecule has 0 atom stereocenters. The SMILES string of the molecule is COC(=O)/C=C/c1ccccc1-c1ccc(OC)c(OC)c1. The Morgan fingerprint density at radius 3 is 2.36 bits per heavy atom. The van der Waals surface area contributed by atoms with Crippen molar-refractivity contribution in [1.29, 1.82) is 0 Å². The van der Waals surface area contributed by atoms with Crippen LogP contribution in [0.3, 0.4) is 0 Å². The van der Waals surface area contributed by atoms with Crippen LogP contribution in [0.15, 0.2) is 48.5 Å². The van der Waals surface area contributed by atoms with Gasteiger partial charge >= 0.3 is 5.97 Å². The number of hydrogen-bond acceptors (Lipinski definition) is 4. The van der Waals surface area contributed by atoms with Crippen molar-refractivity contribution in [3.63, 3.8) is 0 Å². The largest absolute Gasteiger partial charge is 0.493 e. The van der Waals surface area contributed by atoms with E-state index < -0.39 is 0 Å². The average molecular weight is 298 g/mol. The Balaban J connectivity index is 2.45. The van der Waals surface area contributed by atoms with Crippen LogP contribution in [0.1, 0.15) is 5.56 Å². The molecule has 0 spiro atoms. The van der Waals surface area contributed by atoms with Crippen LogP contribution in [-0.2, 0) is 9.53 Å². The fourth-order valence-electron chi connectivity index (χ4n) is 2.13. The van der Waals surface area contributed by atoms with Crippen LogP contribution in [-0.4, -0.2) is 27.3 Å². The summed E-state index contributed by atoms with van der Waals surface area (Å²) in [5, 5.41) is 0. The summed E-state index contributed by atoms with van der Waals surface area (Å²) in [7, 11) is 4.56. The van der Waals surface area contributed by atoms with Crippen LogP contribution in [0.4, 0.5) is 0 Å². The van der Waals surface area contributed by atoms with Crippen LogP contribution in [0.5, 0.6) is 11.5 Å². The molecule has 2 rings (SSSR count). The van der Waals surface area contributed by atoms with Crippen LogP contribution in [0, 0.1) is 0 Å². The number of methoxy groups -OCH3 is 3. The molecule has 0 radical (unpaired) electrons. The van der Waals surface area contributed by atoms with E-state index in [-0.39, 0.29) is 5.97 Å². The molecule has 0 amide bonds. The van der Waals surface area contributed by atoms with Crippen LogP contribution in [0.2, 0.25) is 0 Å². The fraction of sp³-hybridized carbons (Fsp3) is 0.167. The van der Waals surface area contributed by atoms with Gasteiger partial charge in [-0.3, -0.25) is 0 Å². The molecule has 0 aliphatic carbocycles. The number of benzene rings is 2. The number of rotatable bonds is 5. The summed E-state index contributed by atoms with van der Waals surface area (Å²) >= 11 is 0. The van der Waals surface area contributed by atoms with Crippen molar-refractivity contribution >= 4 is 12.0 Å². The van der Waals surface area contributed by atoms with Gasteiger partial charge in [-0.1, -0.05) is 30.3 Å². The molecule has 22 heavy (non-hydrogen) atoms. The summed E-state index contributed by atoms with van der Waals surface area (Å²) in [6, 6.07) is 13.5. The zero-order valence-electron chi connectivity index (χ0n) is 12.8. The van der Waals surface area contributed by atoms with Crippen molar-refractivity contribution in [1.82, 2.24) is 0 Å². The standard InChI is InChI=1S/C18H18O4/c1-20-16-10-8-14(12-17(16)21-2)15-7-5-4-6-13(15)9-11-18(19)22-3/h4-12H,1-3H3/b11-9+. The van der Waals surface area contributed by atoms with Crippen LogP contribution in [0.25, 0.3) is 17.2 Å². The Hall–Kier alpha value is -2.75. The molecule has 0 fully saturated rings. The summed E-state index contributed by atoms with van der Waals surface area (Å²) in [5.41, 5.74) is 2.88. The molecule has 0 aliphatic rings. The maximum atomic E-state index is 11.3. The minimum atomic E-state index is -0.387. The van der Waals surface area contributed by atoms with Crippen molar-refractivity contribution in [2.24, 2.45) is 0 Å². The van der Waals surface area contributed by atoms with E-state index in [2.05, 4.69) is 4.74 Å². The number of hydrogen-bond donors (Lipinski definition) is 0. The first-order chi connectivity index (χ1) is 10.7. The molecule has 0 N–H and O–H groups in total. The summed E-state index contributed by atoms with van der Waals surface area (Å²) in [4.78, 5) is 11.3. The predicted octanol–water partition coefficient (Wildman–Crippen LogP) is 3.56. The van der Waals surface area contributed by atoms with Gasteiger partial charge < -0.3 is 14.2 Å². The van der Waals surface area contributed by atoms with Gasteiger partial charge in [0, 0.05) is 6.08 Å². The molecule has 0 aliphatic heterocycles. The van der Waals surface area contributed by atoms with Gasteiger partial charge in [0.05, 0.1) is 21.3 Å². The van der Waals surface area contributed by atoms with Gasteiger partial charge in [0.25, 0.3) is 0 Å². The molecule has 0 saturated carbocycles. The molecule has 0 heterocycles. The predicted molar refractivity (Wildman–Crippen MR) is 86.0 cm³/mol. The minimum absolute atomic E-state index is 0.387. The van der Waals surface area contributed by atoms with Gasteiger partial charge in [-0.05, 0) is 34.9 Å². The van der Waals surface area contributed by atoms with Crippen LogP contribution >= 0.6 is 0 Å². The minimum Gasteiger partial charge on any atom is -0.493 e. The van der Waals surface area contributed by atoms with E-state index in [1.165, 1.54) is 13.2 Å². The molecular weight excluding hydrogens is 280 g/mol. The smallest absolute Gasteiger partial charge is 0.330 e. The normalized spacial score (nSPS) is 10.5. The van der Waals surface area contributed by atoms with Gasteiger partial charge in [0.15, 0.2) is 11.5 Å². The Labute approximate surface area is 129 Å². The zero-order valence-corrected chi connectivity index (χ0v) is 12.8. The number of carbonyl (C=O) groups is 1.